The normalized spacial score (nSPS) is 15.1. The lowest BCUT2D eigenvalue weighted by molar-refractivity contribution is 0.821. The van der Waals surface area contributed by atoms with E-state index in [-0.39, 0.29) is 0 Å². The molecule has 1 heterocycles. The molecule has 76 valence electrons. The molecule has 15 heavy (non-hydrogen) atoms. The fourth-order valence-electron chi connectivity index (χ4n) is 1.67. The Morgan fingerprint density at radius 3 is 2.80 bits per heavy atom. The number of anilines is 1. The molecule has 1 aliphatic rings. The predicted molar refractivity (Wildman–Crippen MR) is 62.1 cm³/mol. The minimum atomic E-state index is 0.532. The van der Waals surface area contributed by atoms with Gasteiger partial charge in [-0.2, -0.15) is 5.26 Å². The molecule has 0 fully saturated rings. The van der Waals surface area contributed by atoms with Crippen LogP contribution in [-0.4, -0.2) is 13.1 Å². The minimum Gasteiger partial charge on any atom is -0.367 e. The number of halogens is 1. The number of rotatable bonds is 1. The Kier molecular flexibility index (Phi) is 2.94. The van der Waals surface area contributed by atoms with Crippen LogP contribution in [0.25, 0.3) is 0 Å². The van der Waals surface area contributed by atoms with Crippen LogP contribution in [0.2, 0.25) is 5.02 Å². The van der Waals surface area contributed by atoms with Gasteiger partial charge in [-0.1, -0.05) is 23.8 Å². The maximum absolute atomic E-state index is 8.76. The molecule has 1 aromatic rings. The van der Waals surface area contributed by atoms with E-state index in [2.05, 4.69) is 23.1 Å². The summed E-state index contributed by atoms with van der Waals surface area (Å²) in [6, 6.07) is 7.64. The van der Waals surface area contributed by atoms with Gasteiger partial charge in [0, 0.05) is 18.8 Å². The summed E-state index contributed by atoms with van der Waals surface area (Å²) in [6.45, 7) is 1.93. The molecule has 0 aromatic heterocycles. The molecule has 1 aromatic carbocycles. The Hall–Kier alpha value is -1.46. The SMILES string of the molecule is N#Cc1ccc(N2CC=CCC2)cc1Cl. The average Bonchev–Trinajstić information content (AvgIpc) is 2.30. The second-order valence-electron chi connectivity index (χ2n) is 3.48. The van der Waals surface area contributed by atoms with E-state index < -0.39 is 0 Å². The number of nitrogens with zero attached hydrogens (tertiary/aromatic N) is 2. The van der Waals surface area contributed by atoms with Crippen LogP contribution in [0, 0.1) is 11.3 Å². The van der Waals surface area contributed by atoms with Crippen LogP contribution < -0.4 is 4.90 Å². The van der Waals surface area contributed by atoms with Gasteiger partial charge in [-0.3, -0.25) is 0 Å². The third-order valence-electron chi connectivity index (χ3n) is 2.50. The summed E-state index contributed by atoms with van der Waals surface area (Å²) < 4.78 is 0. The molecular formula is C12H11ClN2. The molecule has 0 N–H and O–H groups in total. The van der Waals surface area contributed by atoms with Crippen LogP contribution in [0.5, 0.6) is 0 Å². The highest BCUT2D eigenvalue weighted by Crippen LogP contribution is 2.24. The van der Waals surface area contributed by atoms with Crippen molar-refractivity contribution in [3.05, 3.63) is 40.9 Å². The van der Waals surface area contributed by atoms with Crippen molar-refractivity contribution in [2.24, 2.45) is 0 Å². The fourth-order valence-corrected chi connectivity index (χ4v) is 1.88. The third kappa shape index (κ3) is 2.14. The van der Waals surface area contributed by atoms with Gasteiger partial charge < -0.3 is 4.90 Å². The molecule has 0 spiro atoms. The summed E-state index contributed by atoms with van der Waals surface area (Å²) in [5.74, 6) is 0. The van der Waals surface area contributed by atoms with E-state index >= 15 is 0 Å². The Morgan fingerprint density at radius 1 is 1.33 bits per heavy atom. The molecule has 2 nitrogen and oxygen atoms in total. The zero-order valence-corrected chi connectivity index (χ0v) is 9.04. The maximum atomic E-state index is 8.76. The average molecular weight is 219 g/mol. The first-order valence-electron chi connectivity index (χ1n) is 4.91. The summed E-state index contributed by atoms with van der Waals surface area (Å²) in [5.41, 5.74) is 1.62. The summed E-state index contributed by atoms with van der Waals surface area (Å²) >= 11 is 5.98. The fraction of sp³-hybridized carbons (Fsp3) is 0.250. The first-order valence-corrected chi connectivity index (χ1v) is 5.28. The number of nitriles is 1. The second kappa shape index (κ2) is 4.37. The molecule has 2 rings (SSSR count). The van der Waals surface area contributed by atoms with E-state index in [1.165, 1.54) is 0 Å². The van der Waals surface area contributed by atoms with E-state index in [4.69, 9.17) is 16.9 Å². The molecule has 1 aliphatic heterocycles. The molecule has 0 bridgehead atoms. The summed E-state index contributed by atoms with van der Waals surface area (Å²) in [4.78, 5) is 2.24. The van der Waals surface area contributed by atoms with E-state index in [0.717, 1.165) is 25.2 Å². The van der Waals surface area contributed by atoms with Crippen molar-refractivity contribution in [2.75, 3.05) is 18.0 Å². The molecule has 3 heteroatoms. The zero-order chi connectivity index (χ0) is 10.7. The van der Waals surface area contributed by atoms with Gasteiger partial charge in [-0.15, -0.1) is 0 Å². The van der Waals surface area contributed by atoms with Gasteiger partial charge in [0.1, 0.15) is 6.07 Å². The first kappa shape index (κ1) is 10.1. The molecule has 0 radical (unpaired) electrons. The topological polar surface area (TPSA) is 27.0 Å². The van der Waals surface area contributed by atoms with Crippen LogP contribution in [0.15, 0.2) is 30.4 Å². The van der Waals surface area contributed by atoms with Crippen LogP contribution in [0.4, 0.5) is 5.69 Å². The predicted octanol–water partition coefficient (Wildman–Crippen LogP) is 2.98. The minimum absolute atomic E-state index is 0.532. The van der Waals surface area contributed by atoms with E-state index in [1.807, 2.05) is 12.1 Å². The van der Waals surface area contributed by atoms with E-state index in [1.54, 1.807) is 6.07 Å². The van der Waals surface area contributed by atoms with Gasteiger partial charge in [0.15, 0.2) is 0 Å². The first-order chi connectivity index (χ1) is 7.31. The van der Waals surface area contributed by atoms with E-state index in [9.17, 15) is 0 Å². The van der Waals surface area contributed by atoms with Gasteiger partial charge in [-0.05, 0) is 24.6 Å². The lowest BCUT2D eigenvalue weighted by atomic mass is 10.1. The smallest absolute Gasteiger partial charge is 0.101 e. The van der Waals surface area contributed by atoms with Crippen molar-refractivity contribution in [1.82, 2.24) is 0 Å². The number of benzene rings is 1. The standard InChI is InChI=1S/C12H11ClN2/c13-12-8-11(5-4-10(12)9-14)15-6-2-1-3-7-15/h1-2,4-5,8H,3,6-7H2. The van der Waals surface area contributed by atoms with Gasteiger partial charge in [0.25, 0.3) is 0 Å². The van der Waals surface area contributed by atoms with Crippen molar-refractivity contribution in [1.29, 1.82) is 5.26 Å². The molecule has 0 unspecified atom stereocenters. The van der Waals surface area contributed by atoms with Crippen LogP contribution in [0.3, 0.4) is 0 Å². The van der Waals surface area contributed by atoms with Crippen molar-refractivity contribution in [3.63, 3.8) is 0 Å². The lowest BCUT2D eigenvalue weighted by Crippen LogP contribution is -2.26. The largest absolute Gasteiger partial charge is 0.367 e. The Bertz CT molecular complexity index is 432. The highest BCUT2D eigenvalue weighted by molar-refractivity contribution is 6.32. The van der Waals surface area contributed by atoms with Gasteiger partial charge in [-0.25, -0.2) is 0 Å². The Balaban J connectivity index is 2.26. The van der Waals surface area contributed by atoms with Gasteiger partial charge in [0.05, 0.1) is 10.6 Å². The molecule has 0 saturated carbocycles. The van der Waals surface area contributed by atoms with Gasteiger partial charge >= 0.3 is 0 Å². The van der Waals surface area contributed by atoms with Gasteiger partial charge in [0.2, 0.25) is 0 Å². The molecule has 0 amide bonds. The molecular weight excluding hydrogens is 208 g/mol. The lowest BCUT2D eigenvalue weighted by Gasteiger charge is -2.25. The Labute approximate surface area is 94.4 Å². The summed E-state index contributed by atoms with van der Waals surface area (Å²) in [6.07, 6.45) is 5.40. The molecule has 0 saturated heterocycles. The monoisotopic (exact) mass is 218 g/mol. The molecule has 0 atom stereocenters. The second-order valence-corrected chi connectivity index (χ2v) is 3.89. The maximum Gasteiger partial charge on any atom is 0.101 e. The quantitative estimate of drug-likeness (QED) is 0.678. The zero-order valence-electron chi connectivity index (χ0n) is 8.28. The summed E-state index contributed by atoms with van der Waals surface area (Å²) in [7, 11) is 0. The van der Waals surface area contributed by atoms with Crippen molar-refractivity contribution in [3.8, 4) is 6.07 Å². The highest BCUT2D eigenvalue weighted by atomic mass is 35.5. The van der Waals surface area contributed by atoms with Crippen molar-refractivity contribution in [2.45, 2.75) is 6.42 Å². The van der Waals surface area contributed by atoms with E-state index in [0.29, 0.717) is 10.6 Å². The third-order valence-corrected chi connectivity index (χ3v) is 2.81. The number of hydrogen-bond donors (Lipinski definition) is 0. The van der Waals surface area contributed by atoms with Crippen LogP contribution in [-0.2, 0) is 0 Å². The van der Waals surface area contributed by atoms with Crippen LogP contribution >= 0.6 is 11.6 Å². The van der Waals surface area contributed by atoms with Crippen molar-refractivity contribution < 1.29 is 0 Å². The van der Waals surface area contributed by atoms with Crippen LogP contribution in [0.1, 0.15) is 12.0 Å². The highest BCUT2D eigenvalue weighted by Gasteiger charge is 2.09. The Morgan fingerprint density at radius 2 is 2.20 bits per heavy atom. The summed E-state index contributed by atoms with van der Waals surface area (Å²) in [5, 5.41) is 9.29. The number of hydrogen-bond acceptors (Lipinski definition) is 2. The van der Waals surface area contributed by atoms with Crippen molar-refractivity contribution >= 4 is 17.3 Å². The molecule has 0 aliphatic carbocycles.